The van der Waals surface area contributed by atoms with E-state index in [2.05, 4.69) is 10.3 Å². The third-order valence-corrected chi connectivity index (χ3v) is 2.93. The second-order valence-electron chi connectivity index (χ2n) is 3.99. The number of benzene rings is 2. The molecule has 1 heterocycles. The van der Waals surface area contributed by atoms with Crippen LogP contribution < -0.4 is 5.73 Å². The lowest BCUT2D eigenvalue weighted by Crippen LogP contribution is -2.04. The Morgan fingerprint density at radius 2 is 1.94 bits per heavy atom. The lowest BCUT2D eigenvalue weighted by atomic mass is 10.1. The van der Waals surface area contributed by atoms with Gasteiger partial charge in [0.2, 0.25) is 0 Å². The van der Waals surface area contributed by atoms with Crippen molar-refractivity contribution in [2.75, 3.05) is 5.73 Å². The van der Waals surface area contributed by atoms with Gasteiger partial charge in [-0.3, -0.25) is 0 Å². The highest BCUT2D eigenvalue weighted by atomic mass is 16.3. The molecule has 3 rings (SSSR count). The molecule has 0 amide bonds. The fourth-order valence-electron chi connectivity index (χ4n) is 2.01. The topological polar surface area (TPSA) is 77.0 Å². The number of nitrogen functional groups attached to an aromatic ring is 1. The van der Waals surface area contributed by atoms with Crippen molar-refractivity contribution in [1.29, 1.82) is 0 Å². The van der Waals surface area contributed by atoms with Gasteiger partial charge in [0.25, 0.3) is 0 Å². The molecular weight excluding hydrogens is 228 g/mol. The van der Waals surface area contributed by atoms with E-state index in [9.17, 15) is 5.11 Å². The van der Waals surface area contributed by atoms with Crippen LogP contribution in [0.5, 0.6) is 0 Å². The van der Waals surface area contributed by atoms with E-state index in [-0.39, 0.29) is 6.61 Å². The standard InChI is InChI=1S/C13H12N4O/c14-10-4-3-7-12(9(10)8-18)17-13-6-2-1-5-11(13)15-16-17/h1-7,18H,8,14H2. The smallest absolute Gasteiger partial charge is 0.113 e. The Morgan fingerprint density at radius 1 is 1.11 bits per heavy atom. The van der Waals surface area contributed by atoms with Crippen LogP contribution in [0.1, 0.15) is 5.56 Å². The zero-order chi connectivity index (χ0) is 12.5. The maximum Gasteiger partial charge on any atom is 0.113 e. The van der Waals surface area contributed by atoms with E-state index in [0.29, 0.717) is 11.3 Å². The van der Waals surface area contributed by atoms with E-state index in [4.69, 9.17) is 5.73 Å². The highest BCUT2D eigenvalue weighted by Crippen LogP contribution is 2.23. The maximum atomic E-state index is 9.43. The molecule has 0 spiro atoms. The van der Waals surface area contributed by atoms with Crippen LogP contribution in [0.4, 0.5) is 5.69 Å². The van der Waals surface area contributed by atoms with Crippen molar-refractivity contribution in [2.45, 2.75) is 6.61 Å². The number of hydrogen-bond donors (Lipinski definition) is 2. The van der Waals surface area contributed by atoms with Crippen molar-refractivity contribution in [1.82, 2.24) is 15.0 Å². The molecular formula is C13H12N4O. The second kappa shape index (κ2) is 4.12. The predicted molar refractivity (Wildman–Crippen MR) is 69.2 cm³/mol. The average Bonchev–Trinajstić information content (AvgIpc) is 2.82. The van der Waals surface area contributed by atoms with Crippen LogP contribution in [0.3, 0.4) is 0 Å². The minimum atomic E-state index is -0.129. The van der Waals surface area contributed by atoms with Crippen molar-refractivity contribution < 1.29 is 5.11 Å². The molecule has 3 aromatic rings. The monoisotopic (exact) mass is 240 g/mol. The number of hydrogen-bond acceptors (Lipinski definition) is 4. The van der Waals surface area contributed by atoms with Gasteiger partial charge in [-0.2, -0.15) is 0 Å². The molecule has 3 N–H and O–H groups in total. The highest BCUT2D eigenvalue weighted by Gasteiger charge is 2.11. The number of aliphatic hydroxyl groups is 1. The van der Waals surface area contributed by atoms with Crippen LogP contribution in [0.2, 0.25) is 0 Å². The first-order chi connectivity index (χ1) is 8.81. The van der Waals surface area contributed by atoms with Gasteiger partial charge in [0.15, 0.2) is 0 Å². The molecule has 90 valence electrons. The van der Waals surface area contributed by atoms with Crippen LogP contribution in [-0.4, -0.2) is 20.1 Å². The number of rotatable bonds is 2. The van der Waals surface area contributed by atoms with E-state index >= 15 is 0 Å². The summed E-state index contributed by atoms with van der Waals surface area (Å²) in [6, 6.07) is 13.1. The van der Waals surface area contributed by atoms with Crippen LogP contribution in [0, 0.1) is 0 Å². The number of anilines is 1. The Bertz CT molecular complexity index is 705. The normalized spacial score (nSPS) is 10.9. The molecule has 0 aliphatic rings. The van der Waals surface area contributed by atoms with E-state index in [1.165, 1.54) is 0 Å². The van der Waals surface area contributed by atoms with Crippen molar-refractivity contribution in [3.05, 3.63) is 48.0 Å². The summed E-state index contributed by atoms with van der Waals surface area (Å²) in [6.07, 6.45) is 0. The summed E-state index contributed by atoms with van der Waals surface area (Å²) in [5, 5.41) is 17.6. The SMILES string of the molecule is Nc1cccc(-n2nnc3ccccc32)c1CO. The Hall–Kier alpha value is -2.40. The molecule has 18 heavy (non-hydrogen) atoms. The van der Waals surface area contributed by atoms with Gasteiger partial charge in [-0.1, -0.05) is 23.4 Å². The molecule has 0 aliphatic carbocycles. The molecule has 1 aromatic heterocycles. The van der Waals surface area contributed by atoms with E-state index in [0.717, 1.165) is 16.7 Å². The minimum absolute atomic E-state index is 0.129. The minimum Gasteiger partial charge on any atom is -0.398 e. The maximum absolute atomic E-state index is 9.43. The van der Waals surface area contributed by atoms with Crippen LogP contribution >= 0.6 is 0 Å². The number of aromatic nitrogens is 3. The molecule has 5 heteroatoms. The van der Waals surface area contributed by atoms with Gasteiger partial charge >= 0.3 is 0 Å². The van der Waals surface area contributed by atoms with Gasteiger partial charge in [0.05, 0.1) is 17.8 Å². The third kappa shape index (κ3) is 1.53. The van der Waals surface area contributed by atoms with E-state index in [1.807, 2.05) is 36.4 Å². The summed E-state index contributed by atoms with van der Waals surface area (Å²) in [6.45, 7) is -0.129. The summed E-state index contributed by atoms with van der Waals surface area (Å²) in [7, 11) is 0. The molecule has 0 saturated heterocycles. The molecule has 0 atom stereocenters. The van der Waals surface area contributed by atoms with Crippen LogP contribution in [-0.2, 0) is 6.61 Å². The first kappa shape index (κ1) is 10.7. The number of nitrogens with zero attached hydrogens (tertiary/aromatic N) is 3. The van der Waals surface area contributed by atoms with Crippen molar-refractivity contribution in [3.8, 4) is 5.69 Å². The quantitative estimate of drug-likeness (QED) is 0.665. The van der Waals surface area contributed by atoms with Gasteiger partial charge in [-0.15, -0.1) is 5.10 Å². The summed E-state index contributed by atoms with van der Waals surface area (Å²) in [5.41, 5.74) is 9.52. The largest absolute Gasteiger partial charge is 0.398 e. The lowest BCUT2D eigenvalue weighted by molar-refractivity contribution is 0.282. The molecule has 0 fully saturated rings. The molecule has 0 aliphatic heterocycles. The lowest BCUT2D eigenvalue weighted by Gasteiger charge is -2.10. The zero-order valence-corrected chi connectivity index (χ0v) is 9.61. The first-order valence-electron chi connectivity index (χ1n) is 5.60. The van der Waals surface area contributed by atoms with Crippen molar-refractivity contribution >= 4 is 16.7 Å². The Kier molecular flexibility index (Phi) is 2.46. The highest BCUT2D eigenvalue weighted by molar-refractivity contribution is 5.76. The average molecular weight is 240 g/mol. The van der Waals surface area contributed by atoms with Gasteiger partial charge in [0, 0.05) is 11.3 Å². The Balaban J connectivity index is 2.30. The van der Waals surface area contributed by atoms with E-state index < -0.39 is 0 Å². The van der Waals surface area contributed by atoms with Crippen LogP contribution in [0.15, 0.2) is 42.5 Å². The molecule has 0 saturated carbocycles. The number of nitrogens with two attached hydrogens (primary N) is 1. The molecule has 0 bridgehead atoms. The molecule has 0 unspecified atom stereocenters. The van der Waals surface area contributed by atoms with Gasteiger partial charge in [0.1, 0.15) is 5.52 Å². The fourth-order valence-corrected chi connectivity index (χ4v) is 2.01. The predicted octanol–water partition coefficient (Wildman–Crippen LogP) is 1.49. The summed E-state index contributed by atoms with van der Waals surface area (Å²) < 4.78 is 1.69. The molecule has 2 aromatic carbocycles. The second-order valence-corrected chi connectivity index (χ2v) is 3.99. The summed E-state index contributed by atoms with van der Waals surface area (Å²) in [4.78, 5) is 0. The van der Waals surface area contributed by atoms with Gasteiger partial charge < -0.3 is 10.8 Å². The number of aliphatic hydroxyl groups excluding tert-OH is 1. The summed E-state index contributed by atoms with van der Waals surface area (Å²) >= 11 is 0. The van der Waals surface area contributed by atoms with E-state index in [1.54, 1.807) is 10.7 Å². The summed E-state index contributed by atoms with van der Waals surface area (Å²) in [5.74, 6) is 0. The number of fused-ring (bicyclic) bond motifs is 1. The number of para-hydroxylation sites is 1. The molecule has 0 radical (unpaired) electrons. The first-order valence-corrected chi connectivity index (χ1v) is 5.60. The third-order valence-electron chi connectivity index (χ3n) is 2.93. The molecule has 5 nitrogen and oxygen atoms in total. The Morgan fingerprint density at radius 3 is 2.78 bits per heavy atom. The van der Waals surface area contributed by atoms with Crippen LogP contribution in [0.25, 0.3) is 16.7 Å². The van der Waals surface area contributed by atoms with Gasteiger partial charge in [-0.25, -0.2) is 4.68 Å². The zero-order valence-electron chi connectivity index (χ0n) is 9.61. The Labute approximate surface area is 103 Å². The van der Waals surface area contributed by atoms with Gasteiger partial charge in [-0.05, 0) is 24.3 Å². The van der Waals surface area contributed by atoms with Crippen molar-refractivity contribution in [2.24, 2.45) is 0 Å². The van der Waals surface area contributed by atoms with Crippen molar-refractivity contribution in [3.63, 3.8) is 0 Å². The fraction of sp³-hybridized carbons (Fsp3) is 0.0769.